The SMILES string of the molecule is Cc1c(C(C)NC2CC(C)CCC2C(C)C)cnn1C. The van der Waals surface area contributed by atoms with E-state index < -0.39 is 0 Å². The molecule has 0 aromatic carbocycles. The number of hydrogen-bond acceptors (Lipinski definition) is 2. The second-order valence-corrected chi connectivity index (χ2v) is 7.13. The minimum atomic E-state index is 0.389. The van der Waals surface area contributed by atoms with Gasteiger partial charge in [0.1, 0.15) is 0 Å². The lowest BCUT2D eigenvalue weighted by atomic mass is 9.73. The van der Waals surface area contributed by atoms with E-state index in [0.29, 0.717) is 12.1 Å². The van der Waals surface area contributed by atoms with Gasteiger partial charge in [0.25, 0.3) is 0 Å². The van der Waals surface area contributed by atoms with Crippen molar-refractivity contribution >= 4 is 0 Å². The fourth-order valence-electron chi connectivity index (χ4n) is 3.75. The van der Waals surface area contributed by atoms with Crippen LogP contribution in [0.4, 0.5) is 0 Å². The Kier molecular flexibility index (Phi) is 4.90. The molecule has 1 N–H and O–H groups in total. The molecular weight excluding hydrogens is 246 g/mol. The highest BCUT2D eigenvalue weighted by Crippen LogP contribution is 2.34. The van der Waals surface area contributed by atoms with Crippen molar-refractivity contribution in [3.63, 3.8) is 0 Å². The molecule has 1 heterocycles. The number of aryl methyl sites for hydroxylation is 1. The normalized spacial score (nSPS) is 28.9. The Morgan fingerprint density at radius 1 is 1.30 bits per heavy atom. The van der Waals surface area contributed by atoms with Crippen molar-refractivity contribution in [3.8, 4) is 0 Å². The first-order valence-corrected chi connectivity index (χ1v) is 8.14. The molecular formula is C17H31N3. The largest absolute Gasteiger partial charge is 0.307 e. The van der Waals surface area contributed by atoms with Crippen molar-refractivity contribution < 1.29 is 0 Å². The molecule has 0 spiro atoms. The Labute approximate surface area is 124 Å². The quantitative estimate of drug-likeness (QED) is 0.906. The number of aromatic nitrogens is 2. The molecule has 0 radical (unpaired) electrons. The molecule has 3 nitrogen and oxygen atoms in total. The van der Waals surface area contributed by atoms with E-state index in [9.17, 15) is 0 Å². The Balaban J connectivity index is 2.07. The fourth-order valence-corrected chi connectivity index (χ4v) is 3.75. The molecule has 1 aromatic rings. The lowest BCUT2D eigenvalue weighted by Crippen LogP contribution is -2.43. The van der Waals surface area contributed by atoms with E-state index in [1.807, 2.05) is 17.9 Å². The van der Waals surface area contributed by atoms with Gasteiger partial charge in [-0.25, -0.2) is 0 Å². The summed E-state index contributed by atoms with van der Waals surface area (Å²) in [6, 6.07) is 1.04. The van der Waals surface area contributed by atoms with Gasteiger partial charge >= 0.3 is 0 Å². The highest BCUT2D eigenvalue weighted by Gasteiger charge is 2.31. The molecule has 0 saturated heterocycles. The first-order valence-electron chi connectivity index (χ1n) is 8.14. The fraction of sp³-hybridized carbons (Fsp3) is 0.824. The number of nitrogens with zero attached hydrogens (tertiary/aromatic N) is 2. The van der Waals surface area contributed by atoms with Crippen LogP contribution in [0.15, 0.2) is 6.20 Å². The Bertz CT molecular complexity index is 435. The topological polar surface area (TPSA) is 29.9 Å². The molecule has 1 aromatic heterocycles. The maximum absolute atomic E-state index is 4.38. The lowest BCUT2D eigenvalue weighted by Gasteiger charge is -2.39. The molecule has 114 valence electrons. The van der Waals surface area contributed by atoms with E-state index in [4.69, 9.17) is 0 Å². The summed E-state index contributed by atoms with van der Waals surface area (Å²) in [4.78, 5) is 0. The zero-order chi connectivity index (χ0) is 14.9. The molecule has 1 fully saturated rings. The average Bonchev–Trinajstić information content (AvgIpc) is 2.69. The minimum Gasteiger partial charge on any atom is -0.307 e. The third-order valence-corrected chi connectivity index (χ3v) is 5.23. The third-order valence-electron chi connectivity index (χ3n) is 5.23. The zero-order valence-corrected chi connectivity index (χ0v) is 14.0. The van der Waals surface area contributed by atoms with Gasteiger partial charge in [0.05, 0.1) is 6.20 Å². The second-order valence-electron chi connectivity index (χ2n) is 7.13. The Morgan fingerprint density at radius 2 is 2.00 bits per heavy atom. The predicted octanol–water partition coefficient (Wildman–Crippen LogP) is 3.84. The molecule has 20 heavy (non-hydrogen) atoms. The summed E-state index contributed by atoms with van der Waals surface area (Å²) < 4.78 is 1.97. The molecule has 4 atom stereocenters. The van der Waals surface area contributed by atoms with Crippen molar-refractivity contribution in [2.45, 2.75) is 66.0 Å². The van der Waals surface area contributed by atoms with Gasteiger partial charge < -0.3 is 5.32 Å². The minimum absolute atomic E-state index is 0.389. The number of nitrogens with one attached hydrogen (secondary N) is 1. The van der Waals surface area contributed by atoms with Crippen LogP contribution in [0.2, 0.25) is 0 Å². The summed E-state index contributed by atoms with van der Waals surface area (Å²) in [6.07, 6.45) is 6.09. The second kappa shape index (κ2) is 6.30. The van der Waals surface area contributed by atoms with Crippen LogP contribution in [0.5, 0.6) is 0 Å². The third kappa shape index (κ3) is 3.25. The van der Waals surface area contributed by atoms with Crippen LogP contribution in [0.25, 0.3) is 0 Å². The maximum Gasteiger partial charge on any atom is 0.0540 e. The Morgan fingerprint density at radius 3 is 2.55 bits per heavy atom. The average molecular weight is 277 g/mol. The molecule has 3 heteroatoms. The van der Waals surface area contributed by atoms with Crippen LogP contribution in [-0.2, 0) is 7.05 Å². The number of hydrogen-bond donors (Lipinski definition) is 1. The van der Waals surface area contributed by atoms with Gasteiger partial charge in [-0.2, -0.15) is 5.10 Å². The summed E-state index contributed by atoms with van der Waals surface area (Å²) >= 11 is 0. The molecule has 0 amide bonds. The van der Waals surface area contributed by atoms with Crippen LogP contribution in [0.1, 0.15) is 64.3 Å². The summed E-state index contributed by atoms with van der Waals surface area (Å²) in [6.45, 7) is 11.6. The standard InChI is InChI=1S/C17H31N3/c1-11(2)15-8-7-12(3)9-17(15)19-13(4)16-10-18-20(6)14(16)5/h10-13,15,17,19H,7-9H2,1-6H3. The highest BCUT2D eigenvalue weighted by atomic mass is 15.3. The van der Waals surface area contributed by atoms with Crippen LogP contribution < -0.4 is 5.32 Å². The van der Waals surface area contributed by atoms with Crippen molar-refractivity contribution in [2.75, 3.05) is 0 Å². The van der Waals surface area contributed by atoms with Gasteiger partial charge in [0.2, 0.25) is 0 Å². The van der Waals surface area contributed by atoms with Crippen molar-refractivity contribution in [1.82, 2.24) is 15.1 Å². The predicted molar refractivity (Wildman–Crippen MR) is 84.6 cm³/mol. The maximum atomic E-state index is 4.38. The summed E-state index contributed by atoms with van der Waals surface area (Å²) in [5.74, 6) is 2.43. The summed E-state index contributed by atoms with van der Waals surface area (Å²) in [7, 11) is 2.02. The van der Waals surface area contributed by atoms with Gasteiger partial charge in [0.15, 0.2) is 0 Å². The van der Waals surface area contributed by atoms with Gasteiger partial charge in [-0.1, -0.05) is 27.2 Å². The molecule has 1 aliphatic carbocycles. The molecule has 1 aliphatic rings. The van der Waals surface area contributed by atoms with Crippen molar-refractivity contribution in [3.05, 3.63) is 17.5 Å². The lowest BCUT2D eigenvalue weighted by molar-refractivity contribution is 0.161. The van der Waals surface area contributed by atoms with Gasteiger partial charge in [-0.3, -0.25) is 4.68 Å². The van der Waals surface area contributed by atoms with Gasteiger partial charge in [-0.15, -0.1) is 0 Å². The molecule has 2 rings (SSSR count). The highest BCUT2D eigenvalue weighted by molar-refractivity contribution is 5.20. The smallest absolute Gasteiger partial charge is 0.0540 e. The van der Waals surface area contributed by atoms with Crippen LogP contribution >= 0.6 is 0 Å². The summed E-state index contributed by atoms with van der Waals surface area (Å²) in [5.41, 5.74) is 2.61. The number of rotatable bonds is 4. The van der Waals surface area contributed by atoms with E-state index in [-0.39, 0.29) is 0 Å². The van der Waals surface area contributed by atoms with Crippen molar-refractivity contribution in [2.24, 2.45) is 24.8 Å². The monoisotopic (exact) mass is 277 g/mol. The first kappa shape index (κ1) is 15.6. The molecule has 0 aliphatic heterocycles. The Hall–Kier alpha value is -0.830. The van der Waals surface area contributed by atoms with E-state index in [1.54, 1.807) is 0 Å². The van der Waals surface area contributed by atoms with E-state index >= 15 is 0 Å². The van der Waals surface area contributed by atoms with E-state index in [0.717, 1.165) is 17.8 Å². The summed E-state index contributed by atoms with van der Waals surface area (Å²) in [5, 5.41) is 8.27. The van der Waals surface area contributed by atoms with Gasteiger partial charge in [-0.05, 0) is 44.4 Å². The van der Waals surface area contributed by atoms with Crippen LogP contribution in [0.3, 0.4) is 0 Å². The van der Waals surface area contributed by atoms with E-state index in [1.165, 1.54) is 30.5 Å². The first-order chi connectivity index (χ1) is 9.40. The van der Waals surface area contributed by atoms with E-state index in [2.05, 4.69) is 45.0 Å². The van der Waals surface area contributed by atoms with Crippen LogP contribution in [-0.4, -0.2) is 15.8 Å². The molecule has 1 saturated carbocycles. The van der Waals surface area contributed by atoms with Gasteiger partial charge in [0, 0.05) is 30.4 Å². The van der Waals surface area contributed by atoms with Crippen molar-refractivity contribution in [1.29, 1.82) is 0 Å². The van der Waals surface area contributed by atoms with Crippen LogP contribution in [0, 0.1) is 24.7 Å². The molecule has 4 unspecified atom stereocenters. The molecule has 0 bridgehead atoms. The zero-order valence-electron chi connectivity index (χ0n) is 14.0.